The van der Waals surface area contributed by atoms with Crippen molar-refractivity contribution in [2.75, 3.05) is 28.2 Å². The maximum Gasteiger partial charge on any atom is 0.0675 e. The second-order valence-corrected chi connectivity index (χ2v) is 3.91. The summed E-state index contributed by atoms with van der Waals surface area (Å²) in [6, 6.07) is 0. The molecule has 0 saturated carbocycles. The summed E-state index contributed by atoms with van der Waals surface area (Å²) in [6.07, 6.45) is 0. The van der Waals surface area contributed by atoms with E-state index < -0.39 is 10.4 Å². The molecule has 0 saturated heterocycles. The summed E-state index contributed by atoms with van der Waals surface area (Å²) in [6.45, 7) is 0. The molecule has 0 N–H and O–H groups in total. The molecule has 0 spiro atoms. The Kier molecular flexibility index (Phi) is 4.84. The van der Waals surface area contributed by atoms with Gasteiger partial charge in [0.15, 0.2) is 0 Å². The highest BCUT2D eigenvalue weighted by atomic mass is 32.3. The van der Waals surface area contributed by atoms with Gasteiger partial charge in [-0.15, -0.1) is 0 Å². The summed E-state index contributed by atoms with van der Waals surface area (Å²) in [5.41, 5.74) is 0. The molecule has 0 aromatic heterocycles. The highest BCUT2D eigenvalue weighted by Gasteiger charge is 1.88. The number of nitrogens with zero attached hydrogens (tertiary/aromatic N) is 1. The molecule has 5 nitrogen and oxygen atoms in total. The molecule has 64 valence electrons. The van der Waals surface area contributed by atoms with Crippen LogP contribution < -0.4 is 0 Å². The molecule has 0 fully saturated rings. The smallest absolute Gasteiger partial charge is 0.0675 e. The Bertz CT molecular complexity index is 152. The fraction of sp³-hybridized carbons (Fsp3) is 1.00. The molecule has 0 aliphatic carbocycles. The van der Waals surface area contributed by atoms with Crippen LogP contribution in [-0.4, -0.2) is 50.2 Å². The number of quaternary nitrogens is 1. The minimum Gasteiger partial charge on any atom is -0.759 e. The Morgan fingerprint density at radius 3 is 1.00 bits per heavy atom. The summed E-state index contributed by atoms with van der Waals surface area (Å²) < 4.78 is 35.1. The average molecular weight is 170 g/mol. The first-order valence-corrected chi connectivity index (χ1v) is 3.79. The van der Waals surface area contributed by atoms with Crippen molar-refractivity contribution in [3.63, 3.8) is 0 Å². The standard InChI is InChI=1S/C4H12N.H2O4S/c2*1-5(2,3)4/h1-4H3;(H2,1,2,3,4)/q+1;/p-2. The molecule has 0 heterocycles. The first-order chi connectivity index (χ1) is 4.00. The highest BCUT2D eigenvalue weighted by Crippen LogP contribution is 1.73. The molecule has 0 rings (SSSR count). The Morgan fingerprint density at radius 1 is 1.00 bits per heavy atom. The first-order valence-electron chi connectivity index (χ1n) is 2.46. The number of rotatable bonds is 0. The van der Waals surface area contributed by atoms with Gasteiger partial charge in [-0.2, -0.15) is 0 Å². The first kappa shape index (κ1) is 12.5. The van der Waals surface area contributed by atoms with E-state index in [1.54, 1.807) is 0 Å². The van der Waals surface area contributed by atoms with Crippen molar-refractivity contribution in [2.24, 2.45) is 0 Å². The van der Waals surface area contributed by atoms with Crippen molar-refractivity contribution in [3.8, 4) is 0 Å². The quantitative estimate of drug-likeness (QED) is 0.265. The largest absolute Gasteiger partial charge is 0.759 e. The fourth-order valence-corrected chi connectivity index (χ4v) is 0. The van der Waals surface area contributed by atoms with Crippen LogP contribution in [0.4, 0.5) is 0 Å². The van der Waals surface area contributed by atoms with E-state index in [9.17, 15) is 0 Å². The molecule has 0 amide bonds. The van der Waals surface area contributed by atoms with Gasteiger partial charge in [-0.1, -0.05) is 0 Å². The fourth-order valence-electron chi connectivity index (χ4n) is 0. The van der Waals surface area contributed by atoms with E-state index in [-0.39, 0.29) is 0 Å². The van der Waals surface area contributed by atoms with Gasteiger partial charge in [0, 0.05) is 10.4 Å². The van der Waals surface area contributed by atoms with Gasteiger partial charge in [0.25, 0.3) is 0 Å². The van der Waals surface area contributed by atoms with Gasteiger partial charge in [-0.3, -0.25) is 8.42 Å². The lowest BCUT2D eigenvalue weighted by Crippen LogP contribution is -2.27. The minimum absolute atomic E-state index is 1.00. The van der Waals surface area contributed by atoms with Crippen molar-refractivity contribution in [2.45, 2.75) is 0 Å². The van der Waals surface area contributed by atoms with E-state index in [1.165, 1.54) is 0 Å². The third-order valence-electron chi connectivity index (χ3n) is 0. The summed E-state index contributed by atoms with van der Waals surface area (Å²) >= 11 is 0. The maximum absolute atomic E-state index is 8.52. The summed E-state index contributed by atoms with van der Waals surface area (Å²) in [5, 5.41) is 0. The third-order valence-corrected chi connectivity index (χ3v) is 0. The normalized spacial score (nSPS) is 11.8. The van der Waals surface area contributed by atoms with Gasteiger partial charge in [-0.25, -0.2) is 0 Å². The lowest BCUT2D eigenvalue weighted by atomic mass is 10.8. The van der Waals surface area contributed by atoms with E-state index in [0.29, 0.717) is 0 Å². The predicted molar refractivity (Wildman–Crippen MR) is 34.4 cm³/mol. The van der Waals surface area contributed by atoms with Crippen molar-refractivity contribution in [3.05, 3.63) is 0 Å². The molecular formula is C4H12NO4S-. The van der Waals surface area contributed by atoms with Gasteiger partial charge in [0.2, 0.25) is 0 Å². The van der Waals surface area contributed by atoms with Crippen LogP contribution in [-0.2, 0) is 10.4 Å². The van der Waals surface area contributed by atoms with Crippen LogP contribution in [0.2, 0.25) is 0 Å². The Labute approximate surface area is 61.4 Å². The average Bonchev–Trinajstić information content (AvgIpc) is 1.12. The van der Waals surface area contributed by atoms with Crippen molar-refractivity contribution >= 4 is 10.4 Å². The molecule has 0 radical (unpaired) electrons. The lowest BCUT2D eigenvalue weighted by Gasteiger charge is -2.14. The van der Waals surface area contributed by atoms with Crippen LogP contribution in [0.1, 0.15) is 0 Å². The molecule has 0 aliphatic heterocycles. The van der Waals surface area contributed by atoms with Gasteiger partial charge in [0.05, 0.1) is 28.2 Å². The van der Waals surface area contributed by atoms with Gasteiger partial charge in [-0.05, 0) is 0 Å². The summed E-state index contributed by atoms with van der Waals surface area (Å²) in [7, 11) is 3.33. The van der Waals surface area contributed by atoms with E-state index in [1.807, 2.05) is 0 Å². The molecule has 0 unspecified atom stereocenters. The molecule has 0 aromatic carbocycles. The van der Waals surface area contributed by atoms with Gasteiger partial charge < -0.3 is 13.6 Å². The van der Waals surface area contributed by atoms with Crippen LogP contribution in [0.15, 0.2) is 0 Å². The Balaban J connectivity index is 0. The molecule has 10 heavy (non-hydrogen) atoms. The van der Waals surface area contributed by atoms with Crippen LogP contribution in [0.25, 0.3) is 0 Å². The Hall–Kier alpha value is -0.170. The van der Waals surface area contributed by atoms with Gasteiger partial charge >= 0.3 is 0 Å². The van der Waals surface area contributed by atoms with Crippen LogP contribution in [0, 0.1) is 0 Å². The zero-order valence-electron chi connectivity index (χ0n) is 6.49. The van der Waals surface area contributed by atoms with Crippen LogP contribution >= 0.6 is 0 Å². The van der Waals surface area contributed by atoms with E-state index >= 15 is 0 Å². The predicted octanol–water partition coefficient (Wildman–Crippen LogP) is -1.02. The summed E-state index contributed by atoms with van der Waals surface area (Å²) in [4.78, 5) is 0. The summed E-state index contributed by atoms with van der Waals surface area (Å²) in [5.74, 6) is 0. The van der Waals surface area contributed by atoms with Crippen LogP contribution in [0.3, 0.4) is 0 Å². The zero-order chi connectivity index (χ0) is 9.00. The molecular weight excluding hydrogens is 158 g/mol. The van der Waals surface area contributed by atoms with E-state index in [4.69, 9.17) is 17.5 Å². The Morgan fingerprint density at radius 2 is 1.00 bits per heavy atom. The van der Waals surface area contributed by atoms with Crippen molar-refractivity contribution < 1.29 is 22.0 Å². The second kappa shape index (κ2) is 3.87. The van der Waals surface area contributed by atoms with Crippen molar-refractivity contribution in [1.29, 1.82) is 0 Å². The maximum atomic E-state index is 8.52. The SMILES string of the molecule is C[N+](C)(C)C.O=S(=O)([O-])[O-]. The molecule has 6 heteroatoms. The molecule has 0 aliphatic rings. The molecule has 0 atom stereocenters. The second-order valence-electron chi connectivity index (χ2n) is 3.09. The lowest BCUT2D eigenvalue weighted by molar-refractivity contribution is -0.849. The van der Waals surface area contributed by atoms with Gasteiger partial charge in [0.1, 0.15) is 0 Å². The minimum atomic E-state index is -5.17. The van der Waals surface area contributed by atoms with Crippen molar-refractivity contribution in [1.82, 2.24) is 0 Å². The van der Waals surface area contributed by atoms with Crippen LogP contribution in [0.5, 0.6) is 0 Å². The van der Waals surface area contributed by atoms with E-state index in [2.05, 4.69) is 28.2 Å². The number of hydrogen-bond donors (Lipinski definition) is 0. The topological polar surface area (TPSA) is 80.3 Å². The highest BCUT2D eigenvalue weighted by molar-refractivity contribution is 7.79. The monoisotopic (exact) mass is 170 g/mol. The number of hydrogen-bond acceptors (Lipinski definition) is 4. The zero-order valence-corrected chi connectivity index (χ0v) is 7.30. The molecule has 0 aromatic rings. The third kappa shape index (κ3) is 12600. The van der Waals surface area contributed by atoms with E-state index in [0.717, 1.165) is 4.48 Å². The molecule has 0 bridgehead atoms.